The molecule has 3 aromatic heterocycles. The lowest BCUT2D eigenvalue weighted by Crippen LogP contribution is -2.06. The topological polar surface area (TPSA) is 47.3 Å². The maximum atomic E-state index is 13.4. The lowest BCUT2D eigenvalue weighted by Gasteiger charge is -1.99. The first-order valence-electron chi connectivity index (χ1n) is 5.28. The molecule has 6 heteroatoms. The molecule has 0 aliphatic heterocycles. The Kier molecular flexibility index (Phi) is 2.64. The largest absolute Gasteiger partial charge is 0.297 e. The van der Waals surface area contributed by atoms with Crippen LogP contribution in [0.3, 0.4) is 0 Å². The molecule has 0 amide bonds. The molecule has 0 atom stereocenters. The molecular weight excluding hydrogens is 253 g/mol. The SMILES string of the molecule is O=C(Cc1cn2ccsc2n1)c1ccncc1F. The molecular formula is C12H8FN3OS. The minimum Gasteiger partial charge on any atom is -0.297 e. The van der Waals surface area contributed by atoms with Crippen molar-refractivity contribution in [1.82, 2.24) is 14.4 Å². The van der Waals surface area contributed by atoms with E-state index in [4.69, 9.17) is 0 Å². The van der Waals surface area contributed by atoms with Crippen molar-refractivity contribution >= 4 is 22.1 Å². The van der Waals surface area contributed by atoms with Crippen LogP contribution in [0.15, 0.2) is 36.2 Å². The van der Waals surface area contributed by atoms with Gasteiger partial charge in [-0.25, -0.2) is 9.37 Å². The first kappa shape index (κ1) is 11.0. The molecule has 0 saturated carbocycles. The highest BCUT2D eigenvalue weighted by Gasteiger charge is 2.14. The molecule has 3 heterocycles. The van der Waals surface area contributed by atoms with Crippen molar-refractivity contribution in [3.8, 4) is 0 Å². The predicted octanol–water partition coefficient (Wildman–Crippen LogP) is 2.36. The van der Waals surface area contributed by atoms with Crippen LogP contribution in [0.5, 0.6) is 0 Å². The summed E-state index contributed by atoms with van der Waals surface area (Å²) in [5.41, 5.74) is 0.699. The molecule has 0 saturated heterocycles. The van der Waals surface area contributed by atoms with Gasteiger partial charge in [0.15, 0.2) is 16.6 Å². The lowest BCUT2D eigenvalue weighted by molar-refractivity contribution is 0.0988. The number of thiazole rings is 1. The Labute approximate surface area is 106 Å². The van der Waals surface area contributed by atoms with E-state index in [2.05, 4.69) is 9.97 Å². The minimum atomic E-state index is -0.594. The van der Waals surface area contributed by atoms with Crippen molar-refractivity contribution in [3.63, 3.8) is 0 Å². The molecule has 0 spiro atoms. The molecule has 0 N–H and O–H groups in total. The number of pyridine rings is 1. The summed E-state index contributed by atoms with van der Waals surface area (Å²) in [5.74, 6) is -0.885. The van der Waals surface area contributed by atoms with E-state index in [1.807, 2.05) is 16.0 Å². The Bertz CT molecular complexity index is 690. The van der Waals surface area contributed by atoms with E-state index >= 15 is 0 Å². The van der Waals surface area contributed by atoms with E-state index in [0.717, 1.165) is 11.2 Å². The van der Waals surface area contributed by atoms with E-state index in [-0.39, 0.29) is 17.8 Å². The summed E-state index contributed by atoms with van der Waals surface area (Å²) in [7, 11) is 0. The monoisotopic (exact) mass is 261 g/mol. The van der Waals surface area contributed by atoms with Crippen molar-refractivity contribution in [3.05, 3.63) is 53.3 Å². The summed E-state index contributed by atoms with van der Waals surface area (Å²) in [6.07, 6.45) is 6.19. The van der Waals surface area contributed by atoms with E-state index in [1.165, 1.54) is 23.6 Å². The summed E-state index contributed by atoms with van der Waals surface area (Å²) in [6.45, 7) is 0. The molecule has 90 valence electrons. The highest BCUT2D eigenvalue weighted by molar-refractivity contribution is 7.15. The Morgan fingerprint density at radius 2 is 2.39 bits per heavy atom. The number of Topliss-reactive ketones (excluding diaryl/α,β-unsaturated/α-hetero) is 1. The average Bonchev–Trinajstić information content (AvgIpc) is 2.90. The number of fused-ring (bicyclic) bond motifs is 1. The van der Waals surface area contributed by atoms with Gasteiger partial charge in [-0.15, -0.1) is 11.3 Å². The molecule has 0 aliphatic rings. The van der Waals surface area contributed by atoms with Crippen molar-refractivity contribution < 1.29 is 9.18 Å². The number of halogens is 1. The molecule has 3 aromatic rings. The zero-order valence-corrected chi connectivity index (χ0v) is 10.0. The highest BCUT2D eigenvalue weighted by Crippen LogP contribution is 2.14. The smallest absolute Gasteiger partial charge is 0.193 e. The van der Waals surface area contributed by atoms with Gasteiger partial charge in [-0.3, -0.25) is 14.2 Å². The number of hydrogen-bond acceptors (Lipinski definition) is 4. The zero-order valence-electron chi connectivity index (χ0n) is 9.21. The van der Waals surface area contributed by atoms with Gasteiger partial charge < -0.3 is 0 Å². The van der Waals surface area contributed by atoms with Gasteiger partial charge in [-0.2, -0.15) is 0 Å². The lowest BCUT2D eigenvalue weighted by atomic mass is 10.1. The first-order valence-corrected chi connectivity index (χ1v) is 6.16. The number of imidazole rings is 1. The van der Waals surface area contributed by atoms with Crippen LogP contribution in [0.25, 0.3) is 4.96 Å². The van der Waals surface area contributed by atoms with Crippen molar-refractivity contribution in [2.75, 3.05) is 0 Å². The number of rotatable bonds is 3. The molecule has 0 aliphatic carbocycles. The summed E-state index contributed by atoms with van der Waals surface area (Å²) >= 11 is 1.49. The third-order valence-electron chi connectivity index (χ3n) is 2.56. The van der Waals surface area contributed by atoms with Crippen molar-refractivity contribution in [2.45, 2.75) is 6.42 Å². The van der Waals surface area contributed by atoms with Crippen LogP contribution >= 0.6 is 11.3 Å². The van der Waals surface area contributed by atoms with E-state index in [0.29, 0.717) is 5.69 Å². The van der Waals surface area contributed by atoms with Crippen molar-refractivity contribution in [2.24, 2.45) is 0 Å². The second-order valence-corrected chi connectivity index (χ2v) is 4.65. The third-order valence-corrected chi connectivity index (χ3v) is 3.33. The molecule has 0 unspecified atom stereocenters. The number of aromatic nitrogens is 3. The van der Waals surface area contributed by atoms with E-state index < -0.39 is 5.82 Å². The Balaban J connectivity index is 1.87. The maximum absolute atomic E-state index is 13.4. The summed E-state index contributed by atoms with van der Waals surface area (Å²) < 4.78 is 15.2. The normalized spacial score (nSPS) is 10.9. The van der Waals surface area contributed by atoms with Crippen molar-refractivity contribution in [1.29, 1.82) is 0 Å². The number of carbonyl (C=O) groups is 1. The number of hydrogen-bond donors (Lipinski definition) is 0. The number of carbonyl (C=O) groups excluding carboxylic acids is 1. The van der Waals surface area contributed by atoms with Gasteiger partial charge in [0.1, 0.15) is 0 Å². The van der Waals surface area contributed by atoms with Gasteiger partial charge in [0, 0.05) is 24.0 Å². The van der Waals surface area contributed by atoms with Gasteiger partial charge in [0.25, 0.3) is 0 Å². The van der Waals surface area contributed by atoms with Crippen LogP contribution in [0.2, 0.25) is 0 Å². The average molecular weight is 261 g/mol. The fraction of sp³-hybridized carbons (Fsp3) is 0.0833. The van der Waals surface area contributed by atoms with Gasteiger partial charge in [0.05, 0.1) is 23.9 Å². The Morgan fingerprint density at radius 1 is 1.50 bits per heavy atom. The van der Waals surface area contributed by atoms with Gasteiger partial charge >= 0.3 is 0 Å². The predicted molar refractivity (Wildman–Crippen MR) is 65.3 cm³/mol. The minimum absolute atomic E-state index is 0.0568. The van der Waals surface area contributed by atoms with Crippen LogP contribution in [-0.4, -0.2) is 20.2 Å². The van der Waals surface area contributed by atoms with Crippen LogP contribution < -0.4 is 0 Å². The molecule has 3 rings (SSSR count). The Hall–Kier alpha value is -2.08. The quantitative estimate of drug-likeness (QED) is 0.680. The number of nitrogens with zero attached hydrogens (tertiary/aromatic N) is 3. The first-order chi connectivity index (χ1) is 8.74. The fourth-order valence-corrected chi connectivity index (χ4v) is 2.44. The standard InChI is InChI=1S/C12H8FN3OS/c13-10-6-14-2-1-9(10)11(17)5-8-7-16-3-4-18-12(16)15-8/h1-4,6-7H,5H2. The molecule has 0 bridgehead atoms. The Morgan fingerprint density at radius 3 is 3.17 bits per heavy atom. The highest BCUT2D eigenvalue weighted by atomic mass is 32.1. The van der Waals surface area contributed by atoms with Crippen LogP contribution in [0.4, 0.5) is 4.39 Å². The zero-order chi connectivity index (χ0) is 12.5. The maximum Gasteiger partial charge on any atom is 0.193 e. The second-order valence-electron chi connectivity index (χ2n) is 3.78. The molecule has 18 heavy (non-hydrogen) atoms. The van der Waals surface area contributed by atoms with E-state index in [1.54, 1.807) is 6.20 Å². The summed E-state index contributed by atoms with van der Waals surface area (Å²) in [5, 5.41) is 1.91. The summed E-state index contributed by atoms with van der Waals surface area (Å²) in [4.78, 5) is 20.7. The van der Waals surface area contributed by atoms with Gasteiger partial charge in [-0.05, 0) is 6.07 Å². The van der Waals surface area contributed by atoms with E-state index in [9.17, 15) is 9.18 Å². The van der Waals surface area contributed by atoms with Crippen LogP contribution in [0.1, 0.15) is 16.1 Å². The second kappa shape index (κ2) is 4.30. The molecule has 0 fully saturated rings. The van der Waals surface area contributed by atoms with Crippen LogP contribution in [-0.2, 0) is 6.42 Å². The van der Waals surface area contributed by atoms with Gasteiger partial charge in [0.2, 0.25) is 0 Å². The van der Waals surface area contributed by atoms with Gasteiger partial charge in [-0.1, -0.05) is 0 Å². The van der Waals surface area contributed by atoms with Crippen LogP contribution in [0, 0.1) is 5.82 Å². The molecule has 0 radical (unpaired) electrons. The molecule has 4 nitrogen and oxygen atoms in total. The fourth-order valence-electron chi connectivity index (χ4n) is 1.72. The third kappa shape index (κ3) is 1.91. The summed E-state index contributed by atoms with van der Waals surface area (Å²) in [6, 6.07) is 1.39. The molecule has 0 aromatic carbocycles. The number of ketones is 1.